The van der Waals surface area contributed by atoms with Gasteiger partial charge in [-0.1, -0.05) is 27.2 Å². The van der Waals surface area contributed by atoms with Gasteiger partial charge >= 0.3 is 0 Å². The molecule has 1 aromatic rings. The topological polar surface area (TPSA) is 16.1 Å². The molecule has 1 aliphatic heterocycles. The average molecular weight is 232 g/mol. The van der Waals surface area contributed by atoms with Crippen LogP contribution >= 0.6 is 0 Å². The lowest BCUT2D eigenvalue weighted by Gasteiger charge is -2.33. The Balaban J connectivity index is 2.06. The Hall–Kier alpha value is -1.05. The van der Waals surface area contributed by atoms with Crippen LogP contribution in [0.2, 0.25) is 0 Å². The van der Waals surface area contributed by atoms with Crippen molar-refractivity contribution in [3.63, 3.8) is 0 Å². The fraction of sp³-hybridized carbons (Fsp3) is 0.667. The van der Waals surface area contributed by atoms with Crippen molar-refractivity contribution in [2.24, 2.45) is 5.92 Å². The van der Waals surface area contributed by atoms with Crippen LogP contribution in [0.15, 0.2) is 18.3 Å². The largest absolute Gasteiger partial charge is 0.370 e. The van der Waals surface area contributed by atoms with Crippen LogP contribution in [-0.4, -0.2) is 18.1 Å². The van der Waals surface area contributed by atoms with Crippen LogP contribution in [0.5, 0.6) is 0 Å². The summed E-state index contributed by atoms with van der Waals surface area (Å²) in [6.07, 6.45) is 6.07. The van der Waals surface area contributed by atoms with E-state index in [1.54, 1.807) is 0 Å². The van der Waals surface area contributed by atoms with Gasteiger partial charge in [0.1, 0.15) is 0 Å². The maximum absolute atomic E-state index is 4.56. The molecule has 0 amide bonds. The van der Waals surface area contributed by atoms with E-state index in [1.165, 1.54) is 43.7 Å². The molecule has 2 heterocycles. The minimum atomic E-state index is 0.522. The summed E-state index contributed by atoms with van der Waals surface area (Å²) in [5.74, 6) is 1.39. The third kappa shape index (κ3) is 2.99. The second kappa shape index (κ2) is 5.52. The number of piperidine rings is 1. The molecule has 94 valence electrons. The highest BCUT2D eigenvalue weighted by Crippen LogP contribution is 2.25. The van der Waals surface area contributed by atoms with E-state index in [4.69, 9.17) is 0 Å². The molecule has 1 unspecified atom stereocenters. The summed E-state index contributed by atoms with van der Waals surface area (Å²) in [5, 5.41) is 0. The highest BCUT2D eigenvalue weighted by molar-refractivity contribution is 5.45. The van der Waals surface area contributed by atoms with Crippen LogP contribution in [0.4, 0.5) is 5.69 Å². The summed E-state index contributed by atoms with van der Waals surface area (Å²) in [6, 6.07) is 4.41. The van der Waals surface area contributed by atoms with E-state index in [1.807, 2.05) is 6.20 Å². The summed E-state index contributed by atoms with van der Waals surface area (Å²) in [7, 11) is 0. The number of hydrogen-bond donors (Lipinski definition) is 0. The summed E-state index contributed by atoms with van der Waals surface area (Å²) in [6.45, 7) is 9.08. The summed E-state index contributed by atoms with van der Waals surface area (Å²) < 4.78 is 0. The number of pyridine rings is 1. The molecule has 2 heteroatoms. The maximum Gasteiger partial charge on any atom is 0.0553 e. The molecule has 1 atom stereocenters. The number of hydrogen-bond acceptors (Lipinski definition) is 2. The predicted octanol–water partition coefficient (Wildman–Crippen LogP) is 3.83. The molecular weight excluding hydrogens is 208 g/mol. The Morgan fingerprint density at radius 3 is 2.82 bits per heavy atom. The smallest absolute Gasteiger partial charge is 0.0553 e. The van der Waals surface area contributed by atoms with E-state index in [-0.39, 0.29) is 0 Å². The van der Waals surface area contributed by atoms with E-state index >= 15 is 0 Å². The Kier molecular flexibility index (Phi) is 4.03. The molecule has 0 radical (unpaired) electrons. The lowest BCUT2D eigenvalue weighted by molar-refractivity contribution is 0.404. The Morgan fingerprint density at radius 1 is 1.41 bits per heavy atom. The van der Waals surface area contributed by atoms with Gasteiger partial charge in [-0.25, -0.2) is 0 Å². The normalized spacial score (nSPS) is 20.9. The molecular formula is C15H24N2. The average Bonchev–Trinajstić information content (AvgIpc) is 2.39. The SMILES string of the molecule is CCC1CCCN(c2ccc(C(C)C)nc2)C1. The molecule has 17 heavy (non-hydrogen) atoms. The van der Waals surface area contributed by atoms with Crippen LogP contribution in [0, 0.1) is 5.92 Å². The van der Waals surface area contributed by atoms with Crippen molar-refractivity contribution >= 4 is 5.69 Å². The standard InChI is InChI=1S/C15H24N2/c1-4-13-6-5-9-17(11-13)14-7-8-15(12(2)3)16-10-14/h7-8,10,12-13H,4-6,9,11H2,1-3H3. The zero-order chi connectivity index (χ0) is 12.3. The molecule has 1 aromatic heterocycles. The van der Waals surface area contributed by atoms with Crippen LogP contribution in [-0.2, 0) is 0 Å². The molecule has 0 aliphatic carbocycles. The molecule has 0 N–H and O–H groups in total. The van der Waals surface area contributed by atoms with E-state index in [2.05, 4.69) is 42.8 Å². The van der Waals surface area contributed by atoms with Gasteiger partial charge in [-0.2, -0.15) is 0 Å². The molecule has 0 saturated carbocycles. The summed E-state index contributed by atoms with van der Waals surface area (Å²) in [5.41, 5.74) is 2.49. The van der Waals surface area contributed by atoms with Gasteiger partial charge in [-0.05, 0) is 36.8 Å². The van der Waals surface area contributed by atoms with Gasteiger partial charge < -0.3 is 4.90 Å². The summed E-state index contributed by atoms with van der Waals surface area (Å²) in [4.78, 5) is 7.06. The van der Waals surface area contributed by atoms with Gasteiger partial charge in [0.25, 0.3) is 0 Å². The van der Waals surface area contributed by atoms with Gasteiger partial charge in [-0.15, -0.1) is 0 Å². The highest BCUT2D eigenvalue weighted by atomic mass is 15.1. The molecule has 2 rings (SSSR count). The Labute approximate surface area is 105 Å². The monoisotopic (exact) mass is 232 g/mol. The predicted molar refractivity (Wildman–Crippen MR) is 73.6 cm³/mol. The summed E-state index contributed by atoms with van der Waals surface area (Å²) >= 11 is 0. The first-order valence-electron chi connectivity index (χ1n) is 6.91. The molecule has 1 aliphatic rings. The van der Waals surface area contributed by atoms with E-state index < -0.39 is 0 Å². The number of rotatable bonds is 3. The van der Waals surface area contributed by atoms with Crippen molar-refractivity contribution in [2.45, 2.75) is 46.0 Å². The number of aromatic nitrogens is 1. The molecule has 0 aromatic carbocycles. The lowest BCUT2D eigenvalue weighted by atomic mass is 9.95. The van der Waals surface area contributed by atoms with Gasteiger partial charge in [0, 0.05) is 18.8 Å². The van der Waals surface area contributed by atoms with Crippen molar-refractivity contribution in [2.75, 3.05) is 18.0 Å². The Bertz CT molecular complexity index is 342. The van der Waals surface area contributed by atoms with Gasteiger partial charge in [0.2, 0.25) is 0 Å². The van der Waals surface area contributed by atoms with Crippen LogP contribution < -0.4 is 4.90 Å². The number of nitrogens with zero attached hydrogens (tertiary/aromatic N) is 2. The molecule has 1 fully saturated rings. The van der Waals surface area contributed by atoms with Crippen molar-refractivity contribution in [3.05, 3.63) is 24.0 Å². The quantitative estimate of drug-likeness (QED) is 0.787. The highest BCUT2D eigenvalue weighted by Gasteiger charge is 2.18. The zero-order valence-corrected chi connectivity index (χ0v) is 11.3. The Morgan fingerprint density at radius 2 is 2.24 bits per heavy atom. The molecule has 1 saturated heterocycles. The third-order valence-corrected chi connectivity index (χ3v) is 3.82. The number of anilines is 1. The van der Waals surface area contributed by atoms with Gasteiger partial charge in [0.05, 0.1) is 11.9 Å². The molecule has 0 spiro atoms. The first-order chi connectivity index (χ1) is 8.20. The van der Waals surface area contributed by atoms with Gasteiger partial charge in [0.15, 0.2) is 0 Å². The zero-order valence-electron chi connectivity index (χ0n) is 11.3. The van der Waals surface area contributed by atoms with Crippen LogP contribution in [0.25, 0.3) is 0 Å². The molecule has 2 nitrogen and oxygen atoms in total. The van der Waals surface area contributed by atoms with Crippen molar-refractivity contribution in [1.29, 1.82) is 0 Å². The second-order valence-corrected chi connectivity index (χ2v) is 5.46. The van der Waals surface area contributed by atoms with Crippen molar-refractivity contribution in [1.82, 2.24) is 4.98 Å². The second-order valence-electron chi connectivity index (χ2n) is 5.46. The first kappa shape index (κ1) is 12.4. The fourth-order valence-corrected chi connectivity index (χ4v) is 2.56. The first-order valence-corrected chi connectivity index (χ1v) is 6.91. The maximum atomic E-state index is 4.56. The van der Waals surface area contributed by atoms with E-state index in [0.29, 0.717) is 5.92 Å². The lowest BCUT2D eigenvalue weighted by Crippen LogP contribution is -2.35. The van der Waals surface area contributed by atoms with Gasteiger partial charge in [-0.3, -0.25) is 4.98 Å². The van der Waals surface area contributed by atoms with E-state index in [0.717, 1.165) is 5.92 Å². The van der Waals surface area contributed by atoms with E-state index in [9.17, 15) is 0 Å². The third-order valence-electron chi connectivity index (χ3n) is 3.82. The van der Waals surface area contributed by atoms with Crippen LogP contribution in [0.3, 0.4) is 0 Å². The van der Waals surface area contributed by atoms with Crippen molar-refractivity contribution in [3.8, 4) is 0 Å². The minimum absolute atomic E-state index is 0.522. The molecule has 0 bridgehead atoms. The van der Waals surface area contributed by atoms with Crippen molar-refractivity contribution < 1.29 is 0 Å². The fourth-order valence-electron chi connectivity index (χ4n) is 2.56. The van der Waals surface area contributed by atoms with Crippen LogP contribution in [0.1, 0.15) is 51.6 Å². The minimum Gasteiger partial charge on any atom is -0.370 e.